The molecule has 1 unspecified atom stereocenters. The van der Waals surface area contributed by atoms with Gasteiger partial charge >= 0.3 is 6.03 Å². The van der Waals surface area contributed by atoms with Crippen molar-refractivity contribution in [1.29, 1.82) is 0 Å². The molecule has 0 saturated heterocycles. The smallest absolute Gasteiger partial charge is 0.317 e. The number of hydrogen-bond donors (Lipinski definition) is 1. The van der Waals surface area contributed by atoms with Crippen LogP contribution < -0.4 is 5.32 Å². The third kappa shape index (κ3) is 3.33. The Kier molecular flexibility index (Phi) is 4.28. The SMILES string of the molecule is CN(Cc1ccc(F)cc1F)C(=O)NC1CCc2ccccc21. The van der Waals surface area contributed by atoms with Crippen molar-refractivity contribution in [3.8, 4) is 0 Å². The normalized spacial score (nSPS) is 16.0. The first-order chi connectivity index (χ1) is 11.0. The average molecular weight is 316 g/mol. The third-order valence-electron chi connectivity index (χ3n) is 4.20. The number of amides is 2. The predicted octanol–water partition coefficient (Wildman–Crippen LogP) is 3.79. The van der Waals surface area contributed by atoms with Crippen LogP contribution in [-0.4, -0.2) is 18.0 Å². The van der Waals surface area contributed by atoms with Crippen LogP contribution in [0.4, 0.5) is 13.6 Å². The Hall–Kier alpha value is -2.43. The summed E-state index contributed by atoms with van der Waals surface area (Å²) in [5.41, 5.74) is 2.68. The minimum absolute atomic E-state index is 0.0146. The van der Waals surface area contributed by atoms with E-state index in [9.17, 15) is 13.6 Å². The summed E-state index contributed by atoms with van der Waals surface area (Å²) in [6.07, 6.45) is 1.81. The predicted molar refractivity (Wildman–Crippen MR) is 83.9 cm³/mol. The van der Waals surface area contributed by atoms with Gasteiger partial charge in [0.25, 0.3) is 0 Å². The molecule has 1 aliphatic carbocycles. The van der Waals surface area contributed by atoms with Crippen LogP contribution >= 0.6 is 0 Å². The summed E-state index contributed by atoms with van der Waals surface area (Å²) in [6, 6.07) is 11.1. The molecule has 23 heavy (non-hydrogen) atoms. The molecule has 0 fully saturated rings. The highest BCUT2D eigenvalue weighted by atomic mass is 19.1. The second-order valence-electron chi connectivity index (χ2n) is 5.83. The van der Waals surface area contributed by atoms with Crippen molar-refractivity contribution in [2.24, 2.45) is 0 Å². The van der Waals surface area contributed by atoms with Gasteiger partial charge in [-0.25, -0.2) is 13.6 Å². The van der Waals surface area contributed by atoms with E-state index in [1.807, 2.05) is 18.2 Å². The molecule has 0 spiro atoms. The molecule has 1 aliphatic rings. The van der Waals surface area contributed by atoms with E-state index >= 15 is 0 Å². The molecule has 2 aromatic rings. The van der Waals surface area contributed by atoms with Crippen molar-refractivity contribution in [2.75, 3.05) is 7.05 Å². The number of urea groups is 1. The molecule has 0 heterocycles. The van der Waals surface area contributed by atoms with Gasteiger partial charge in [0.05, 0.1) is 6.04 Å². The molecule has 1 N–H and O–H groups in total. The lowest BCUT2D eigenvalue weighted by Gasteiger charge is -2.22. The van der Waals surface area contributed by atoms with Gasteiger partial charge in [-0.15, -0.1) is 0 Å². The van der Waals surface area contributed by atoms with E-state index in [1.165, 1.54) is 22.6 Å². The molecule has 0 saturated carbocycles. The third-order valence-corrected chi connectivity index (χ3v) is 4.20. The van der Waals surface area contributed by atoms with Gasteiger partial charge in [0.15, 0.2) is 0 Å². The molecule has 5 heteroatoms. The maximum Gasteiger partial charge on any atom is 0.317 e. The van der Waals surface area contributed by atoms with E-state index in [2.05, 4.69) is 11.4 Å². The van der Waals surface area contributed by atoms with Crippen molar-refractivity contribution in [1.82, 2.24) is 10.2 Å². The van der Waals surface area contributed by atoms with E-state index in [4.69, 9.17) is 0 Å². The van der Waals surface area contributed by atoms with Crippen LogP contribution in [0, 0.1) is 11.6 Å². The van der Waals surface area contributed by atoms with E-state index in [0.29, 0.717) is 0 Å². The summed E-state index contributed by atoms with van der Waals surface area (Å²) in [6.45, 7) is 0.0896. The molecular weight excluding hydrogens is 298 g/mol. The first-order valence-electron chi connectivity index (χ1n) is 7.58. The van der Waals surface area contributed by atoms with Gasteiger partial charge in [-0.1, -0.05) is 30.3 Å². The van der Waals surface area contributed by atoms with Crippen molar-refractivity contribution in [3.05, 3.63) is 70.8 Å². The van der Waals surface area contributed by atoms with Crippen LogP contribution in [0.3, 0.4) is 0 Å². The number of carbonyl (C=O) groups excluding carboxylic acids is 1. The summed E-state index contributed by atoms with van der Waals surface area (Å²) in [4.78, 5) is 13.7. The van der Waals surface area contributed by atoms with Crippen LogP contribution in [0.2, 0.25) is 0 Å². The Morgan fingerprint density at radius 1 is 1.26 bits per heavy atom. The maximum atomic E-state index is 13.7. The van der Waals surface area contributed by atoms with Crippen molar-refractivity contribution in [2.45, 2.75) is 25.4 Å². The second-order valence-corrected chi connectivity index (χ2v) is 5.83. The van der Waals surface area contributed by atoms with E-state index in [1.54, 1.807) is 7.05 Å². The van der Waals surface area contributed by atoms with Crippen molar-refractivity contribution in [3.63, 3.8) is 0 Å². The lowest BCUT2D eigenvalue weighted by molar-refractivity contribution is 0.202. The number of benzene rings is 2. The second kappa shape index (κ2) is 6.36. The number of nitrogens with one attached hydrogen (secondary N) is 1. The van der Waals surface area contributed by atoms with Crippen molar-refractivity contribution >= 4 is 6.03 Å². The molecule has 0 bridgehead atoms. The molecular formula is C18H18F2N2O. The molecule has 1 atom stereocenters. The molecule has 120 valence electrons. The van der Waals surface area contributed by atoms with Crippen LogP contribution in [-0.2, 0) is 13.0 Å². The lowest BCUT2D eigenvalue weighted by atomic mass is 10.1. The number of hydrogen-bond acceptors (Lipinski definition) is 1. The summed E-state index contributed by atoms with van der Waals surface area (Å²) in [5.74, 6) is -1.27. The summed E-state index contributed by atoms with van der Waals surface area (Å²) in [7, 11) is 1.60. The topological polar surface area (TPSA) is 32.3 Å². The molecule has 2 amide bonds. The molecule has 2 aromatic carbocycles. The van der Waals surface area contributed by atoms with Gasteiger partial charge in [-0.3, -0.25) is 0 Å². The van der Waals surface area contributed by atoms with Gasteiger partial charge in [-0.05, 0) is 30.0 Å². The average Bonchev–Trinajstić information content (AvgIpc) is 2.93. The number of rotatable bonds is 3. The highest BCUT2D eigenvalue weighted by molar-refractivity contribution is 5.74. The highest BCUT2D eigenvalue weighted by Gasteiger charge is 2.24. The Labute approximate surface area is 133 Å². The summed E-state index contributed by atoms with van der Waals surface area (Å²) in [5, 5.41) is 2.98. The minimum atomic E-state index is -0.643. The first-order valence-corrected chi connectivity index (χ1v) is 7.58. The minimum Gasteiger partial charge on any atom is -0.331 e. The van der Waals surface area contributed by atoms with Crippen LogP contribution in [0.1, 0.15) is 29.2 Å². The van der Waals surface area contributed by atoms with E-state index < -0.39 is 11.6 Å². The highest BCUT2D eigenvalue weighted by Crippen LogP contribution is 2.30. The Morgan fingerprint density at radius 2 is 2.04 bits per heavy atom. The Morgan fingerprint density at radius 3 is 2.83 bits per heavy atom. The van der Waals surface area contributed by atoms with E-state index in [-0.39, 0.29) is 24.2 Å². The lowest BCUT2D eigenvalue weighted by Crippen LogP contribution is -2.38. The standard InChI is InChI=1S/C18H18F2N2O/c1-22(11-13-6-8-14(19)10-16(13)20)18(23)21-17-9-7-12-4-2-3-5-15(12)17/h2-6,8,10,17H,7,9,11H2,1H3,(H,21,23). The zero-order chi connectivity index (χ0) is 16.4. The fourth-order valence-electron chi connectivity index (χ4n) is 2.94. The van der Waals surface area contributed by atoms with Gasteiger partial charge in [0.1, 0.15) is 11.6 Å². The van der Waals surface area contributed by atoms with Gasteiger partial charge in [0.2, 0.25) is 0 Å². The van der Waals surface area contributed by atoms with Crippen LogP contribution in [0.15, 0.2) is 42.5 Å². The van der Waals surface area contributed by atoms with Gasteiger partial charge in [-0.2, -0.15) is 0 Å². The number of fused-ring (bicyclic) bond motifs is 1. The largest absolute Gasteiger partial charge is 0.331 e. The van der Waals surface area contributed by atoms with E-state index in [0.717, 1.165) is 24.5 Å². The molecule has 3 rings (SSSR count). The summed E-state index contributed by atoms with van der Waals surface area (Å²) < 4.78 is 26.6. The molecule has 0 aromatic heterocycles. The fraction of sp³-hybridized carbons (Fsp3) is 0.278. The quantitative estimate of drug-likeness (QED) is 0.918. The number of carbonyl (C=O) groups is 1. The zero-order valence-electron chi connectivity index (χ0n) is 12.9. The number of aryl methyl sites for hydroxylation is 1. The number of nitrogens with zero attached hydrogens (tertiary/aromatic N) is 1. The monoisotopic (exact) mass is 316 g/mol. The first kappa shape index (κ1) is 15.5. The van der Waals surface area contributed by atoms with Crippen molar-refractivity contribution < 1.29 is 13.6 Å². The maximum absolute atomic E-state index is 13.7. The zero-order valence-corrected chi connectivity index (χ0v) is 12.9. The molecule has 0 aliphatic heterocycles. The molecule has 0 radical (unpaired) electrons. The fourth-order valence-corrected chi connectivity index (χ4v) is 2.94. The van der Waals surface area contributed by atoms with Crippen LogP contribution in [0.5, 0.6) is 0 Å². The Balaban J connectivity index is 1.64. The van der Waals surface area contributed by atoms with Crippen LogP contribution in [0.25, 0.3) is 0 Å². The summed E-state index contributed by atoms with van der Waals surface area (Å²) >= 11 is 0. The van der Waals surface area contributed by atoms with Gasteiger partial charge < -0.3 is 10.2 Å². The Bertz CT molecular complexity index is 733. The molecule has 3 nitrogen and oxygen atoms in total. The number of halogens is 2. The van der Waals surface area contributed by atoms with Gasteiger partial charge in [0, 0.05) is 25.2 Å².